The van der Waals surface area contributed by atoms with Crippen LogP contribution in [0, 0.1) is 0 Å². The van der Waals surface area contributed by atoms with Crippen molar-refractivity contribution in [2.24, 2.45) is 0 Å². The molecule has 0 radical (unpaired) electrons. The summed E-state index contributed by atoms with van der Waals surface area (Å²) in [6, 6.07) is 13.5. The van der Waals surface area contributed by atoms with E-state index in [2.05, 4.69) is 5.32 Å². The molecule has 0 saturated carbocycles. The lowest BCUT2D eigenvalue weighted by Gasteiger charge is -2.23. The van der Waals surface area contributed by atoms with E-state index >= 15 is 0 Å². The molecule has 118 valence electrons. The molecular weight excluding hydrogens is 325 g/mol. The number of anilines is 1. The van der Waals surface area contributed by atoms with Crippen molar-refractivity contribution in [1.29, 1.82) is 0 Å². The fourth-order valence-corrected chi connectivity index (χ4v) is 3.16. The minimum atomic E-state index is -4.46. The van der Waals surface area contributed by atoms with Gasteiger partial charge in [0.05, 0.1) is 6.61 Å². The molecule has 2 aromatic rings. The van der Waals surface area contributed by atoms with Gasteiger partial charge in [0, 0.05) is 16.3 Å². The van der Waals surface area contributed by atoms with Gasteiger partial charge in [-0.15, -0.1) is 0 Å². The molecule has 0 aromatic heterocycles. The molecule has 2 rings (SSSR count). The van der Waals surface area contributed by atoms with Crippen LogP contribution in [-0.4, -0.2) is 16.4 Å². The second kappa shape index (κ2) is 7.16. The highest BCUT2D eigenvalue weighted by molar-refractivity contribution is 7.52. The van der Waals surface area contributed by atoms with Crippen LogP contribution in [-0.2, 0) is 4.57 Å². The monoisotopic (exact) mass is 341 g/mol. The van der Waals surface area contributed by atoms with Crippen molar-refractivity contribution >= 4 is 24.9 Å². The molecule has 2 aromatic carbocycles. The number of halogens is 1. The minimum Gasteiger partial charge on any atom is -0.493 e. The summed E-state index contributed by atoms with van der Waals surface area (Å²) < 4.78 is 17.4. The largest absolute Gasteiger partial charge is 0.493 e. The standard InChI is InChI=1S/C15H17ClNO4P/c1-2-21-14-9-4-3-8-13(14)15(22(18,19)20)17-12-7-5-6-11(16)10-12/h3-10,15,17H,2H2,1H3,(H2,18,19,20)/t15-/m1/s1. The van der Waals surface area contributed by atoms with Crippen LogP contribution < -0.4 is 10.1 Å². The molecule has 0 aliphatic rings. The predicted molar refractivity (Wildman–Crippen MR) is 87.5 cm³/mol. The summed E-state index contributed by atoms with van der Waals surface area (Å²) in [6.07, 6.45) is 0. The Morgan fingerprint density at radius 2 is 1.95 bits per heavy atom. The van der Waals surface area contributed by atoms with E-state index in [0.717, 1.165) is 0 Å². The predicted octanol–water partition coefficient (Wildman–Crippen LogP) is 4.03. The molecule has 0 heterocycles. The zero-order chi connectivity index (χ0) is 16.2. The molecule has 3 N–H and O–H groups in total. The summed E-state index contributed by atoms with van der Waals surface area (Å²) in [6.45, 7) is 2.22. The van der Waals surface area contributed by atoms with E-state index in [9.17, 15) is 14.4 Å². The van der Waals surface area contributed by atoms with E-state index in [1.165, 1.54) is 0 Å². The molecule has 22 heavy (non-hydrogen) atoms. The average molecular weight is 342 g/mol. The van der Waals surface area contributed by atoms with Crippen LogP contribution in [0.5, 0.6) is 5.75 Å². The van der Waals surface area contributed by atoms with Gasteiger partial charge in [0.25, 0.3) is 0 Å². The Morgan fingerprint density at radius 1 is 1.23 bits per heavy atom. The number of nitrogens with one attached hydrogen (secondary N) is 1. The topological polar surface area (TPSA) is 78.8 Å². The van der Waals surface area contributed by atoms with Crippen molar-refractivity contribution in [3.05, 3.63) is 59.1 Å². The first-order chi connectivity index (χ1) is 10.4. The Labute approximate surface area is 134 Å². The fourth-order valence-electron chi connectivity index (χ4n) is 2.07. The third kappa shape index (κ3) is 4.24. The normalized spacial score (nSPS) is 12.7. The van der Waals surface area contributed by atoms with Gasteiger partial charge >= 0.3 is 7.60 Å². The molecule has 0 fully saturated rings. The lowest BCUT2D eigenvalue weighted by Crippen LogP contribution is -2.13. The SMILES string of the molecule is CCOc1ccccc1[C@H](Nc1cccc(Cl)c1)P(=O)(O)O. The van der Waals surface area contributed by atoms with Gasteiger partial charge in [-0.1, -0.05) is 35.9 Å². The molecule has 0 aliphatic carbocycles. The first-order valence-electron chi connectivity index (χ1n) is 6.71. The molecule has 0 amide bonds. The smallest absolute Gasteiger partial charge is 0.352 e. The Balaban J connectivity index is 2.41. The Kier molecular flexibility index (Phi) is 5.48. The Hall–Kier alpha value is -1.52. The lowest BCUT2D eigenvalue weighted by molar-refractivity contribution is 0.331. The van der Waals surface area contributed by atoms with E-state index in [1.54, 1.807) is 48.5 Å². The van der Waals surface area contributed by atoms with Gasteiger partial charge in [0.2, 0.25) is 0 Å². The van der Waals surface area contributed by atoms with Crippen LogP contribution in [0.3, 0.4) is 0 Å². The lowest BCUT2D eigenvalue weighted by atomic mass is 10.2. The fraction of sp³-hybridized carbons (Fsp3) is 0.200. The molecule has 1 atom stereocenters. The maximum absolute atomic E-state index is 11.9. The van der Waals surface area contributed by atoms with Gasteiger partial charge in [-0.2, -0.15) is 0 Å². The minimum absolute atomic E-state index is 0.401. The van der Waals surface area contributed by atoms with Crippen LogP contribution >= 0.6 is 19.2 Å². The average Bonchev–Trinajstić information content (AvgIpc) is 2.45. The van der Waals surface area contributed by atoms with Gasteiger partial charge in [-0.05, 0) is 31.2 Å². The maximum Gasteiger partial charge on any atom is 0.352 e. The maximum atomic E-state index is 11.9. The Morgan fingerprint density at radius 3 is 2.59 bits per heavy atom. The highest BCUT2D eigenvalue weighted by atomic mass is 35.5. The highest BCUT2D eigenvalue weighted by Gasteiger charge is 2.32. The van der Waals surface area contributed by atoms with Gasteiger partial charge in [0.1, 0.15) is 5.75 Å². The van der Waals surface area contributed by atoms with Crippen LogP contribution in [0.1, 0.15) is 18.3 Å². The van der Waals surface area contributed by atoms with Crippen LogP contribution in [0.2, 0.25) is 5.02 Å². The second-order valence-electron chi connectivity index (χ2n) is 4.62. The van der Waals surface area contributed by atoms with Crippen molar-refractivity contribution < 1.29 is 19.1 Å². The van der Waals surface area contributed by atoms with E-state index in [4.69, 9.17) is 16.3 Å². The Bertz CT molecular complexity index is 689. The summed E-state index contributed by atoms with van der Waals surface area (Å²) in [7, 11) is -4.46. The summed E-state index contributed by atoms with van der Waals surface area (Å²) >= 11 is 5.91. The van der Waals surface area contributed by atoms with Crippen molar-refractivity contribution in [1.82, 2.24) is 0 Å². The quantitative estimate of drug-likeness (QED) is 0.691. The van der Waals surface area contributed by atoms with Gasteiger partial charge < -0.3 is 19.8 Å². The molecule has 0 spiro atoms. The summed E-state index contributed by atoms with van der Waals surface area (Å²) in [5, 5.41) is 3.33. The van der Waals surface area contributed by atoms with Crippen molar-refractivity contribution in [2.75, 3.05) is 11.9 Å². The first-order valence-corrected chi connectivity index (χ1v) is 8.77. The molecular formula is C15H17ClNO4P. The summed E-state index contributed by atoms with van der Waals surface area (Å²) in [5.74, 6) is -0.776. The second-order valence-corrected chi connectivity index (χ2v) is 6.75. The summed E-state index contributed by atoms with van der Waals surface area (Å²) in [5.41, 5.74) is 0.921. The first kappa shape index (κ1) is 16.8. The number of ether oxygens (including phenoxy) is 1. The zero-order valence-corrected chi connectivity index (χ0v) is 13.6. The molecule has 5 nitrogen and oxygen atoms in total. The van der Waals surface area contributed by atoms with Crippen molar-refractivity contribution in [3.63, 3.8) is 0 Å². The number of para-hydroxylation sites is 1. The number of rotatable bonds is 6. The van der Waals surface area contributed by atoms with Crippen molar-refractivity contribution in [2.45, 2.75) is 12.7 Å². The van der Waals surface area contributed by atoms with Gasteiger partial charge in [-0.25, -0.2) is 0 Å². The molecule has 7 heteroatoms. The number of hydrogen-bond donors (Lipinski definition) is 3. The number of hydrogen-bond acceptors (Lipinski definition) is 3. The van der Waals surface area contributed by atoms with Gasteiger partial charge in [-0.3, -0.25) is 4.57 Å². The zero-order valence-electron chi connectivity index (χ0n) is 11.9. The summed E-state index contributed by atoms with van der Waals surface area (Å²) in [4.78, 5) is 19.4. The van der Waals surface area contributed by atoms with E-state index < -0.39 is 13.4 Å². The van der Waals surface area contributed by atoms with E-state index in [-0.39, 0.29) is 0 Å². The van der Waals surface area contributed by atoms with Gasteiger partial charge in [0.15, 0.2) is 5.78 Å². The third-order valence-electron chi connectivity index (χ3n) is 2.98. The molecule has 0 saturated heterocycles. The third-order valence-corrected chi connectivity index (χ3v) is 4.29. The molecule has 0 aliphatic heterocycles. The highest BCUT2D eigenvalue weighted by Crippen LogP contribution is 2.53. The van der Waals surface area contributed by atoms with E-state index in [0.29, 0.717) is 28.6 Å². The van der Waals surface area contributed by atoms with Crippen LogP contribution in [0.15, 0.2) is 48.5 Å². The molecule has 0 bridgehead atoms. The molecule has 0 unspecified atom stereocenters. The number of benzene rings is 2. The van der Waals surface area contributed by atoms with Crippen LogP contribution in [0.25, 0.3) is 0 Å². The van der Waals surface area contributed by atoms with Crippen molar-refractivity contribution in [3.8, 4) is 5.75 Å². The van der Waals surface area contributed by atoms with Crippen LogP contribution in [0.4, 0.5) is 5.69 Å². The van der Waals surface area contributed by atoms with E-state index in [1.807, 2.05) is 6.92 Å².